The van der Waals surface area contributed by atoms with E-state index in [1.165, 1.54) is 0 Å². The fourth-order valence-electron chi connectivity index (χ4n) is 1.49. The Morgan fingerprint density at radius 2 is 2.32 bits per heavy atom. The molecule has 0 bridgehead atoms. The number of esters is 1. The van der Waals surface area contributed by atoms with Gasteiger partial charge in [0.2, 0.25) is 0 Å². The molecule has 0 fully saturated rings. The molecule has 0 saturated heterocycles. The molecule has 2 aromatic rings. The van der Waals surface area contributed by atoms with Crippen molar-refractivity contribution >= 4 is 35.9 Å². The summed E-state index contributed by atoms with van der Waals surface area (Å²) < 4.78 is 6.54. The topological polar surface area (TPSA) is 67.1 Å². The van der Waals surface area contributed by atoms with E-state index in [-0.39, 0.29) is 20.5 Å². The van der Waals surface area contributed by atoms with Gasteiger partial charge in [0.05, 0.1) is 0 Å². The van der Waals surface area contributed by atoms with Crippen molar-refractivity contribution in [2.24, 2.45) is 10.3 Å². The third-order valence-corrected chi connectivity index (χ3v) is 4.50. The Morgan fingerprint density at radius 1 is 1.53 bits per heavy atom. The zero-order chi connectivity index (χ0) is 13.8. The molecule has 0 aromatic carbocycles. The molecule has 7 heteroatoms. The van der Waals surface area contributed by atoms with Crippen molar-refractivity contribution < 1.29 is 9.53 Å². The Bertz CT molecular complexity index is 621. The summed E-state index contributed by atoms with van der Waals surface area (Å²) in [6, 6.07) is 3.73. The van der Waals surface area contributed by atoms with Crippen LogP contribution in [0.25, 0.3) is 9.78 Å². The van der Waals surface area contributed by atoms with Gasteiger partial charge in [0, 0.05) is 0 Å². The molecule has 0 saturated carbocycles. The molecule has 0 N–H and O–H groups in total. The van der Waals surface area contributed by atoms with Gasteiger partial charge in [0.25, 0.3) is 0 Å². The van der Waals surface area contributed by atoms with Gasteiger partial charge in [-0.1, -0.05) is 0 Å². The minimum atomic E-state index is -0.326. The fraction of sp³-hybridized carbons (Fsp3) is 0.333. The molecular weight excluding hydrogens is 311 g/mol. The van der Waals surface area contributed by atoms with E-state index in [4.69, 9.17) is 4.74 Å². The second kappa shape index (κ2) is 5.95. The number of hydrogen-bond donors (Lipinski definition) is 0. The van der Waals surface area contributed by atoms with E-state index in [2.05, 4.69) is 15.3 Å². The Balaban J connectivity index is 2.55. The summed E-state index contributed by atoms with van der Waals surface area (Å²) in [4.78, 5) is 16.3. The van der Waals surface area contributed by atoms with Gasteiger partial charge in [-0.3, -0.25) is 0 Å². The van der Waals surface area contributed by atoms with Crippen LogP contribution in [-0.2, 0) is 4.74 Å². The first-order valence-corrected chi connectivity index (χ1v) is 7.48. The number of nitrogens with zero attached hydrogens (tertiary/aromatic N) is 4. The van der Waals surface area contributed by atoms with Crippen molar-refractivity contribution in [2.45, 2.75) is 6.92 Å². The van der Waals surface area contributed by atoms with Gasteiger partial charge in [0.15, 0.2) is 0 Å². The van der Waals surface area contributed by atoms with Crippen LogP contribution in [0.5, 0.6) is 0 Å². The van der Waals surface area contributed by atoms with Crippen molar-refractivity contribution in [1.29, 1.82) is 0 Å². The summed E-state index contributed by atoms with van der Waals surface area (Å²) in [6.07, 6.45) is 1.72. The molecule has 100 valence electrons. The number of rotatable bonds is 4. The van der Waals surface area contributed by atoms with E-state index >= 15 is 0 Å². The molecule has 6 nitrogen and oxygen atoms in total. The summed E-state index contributed by atoms with van der Waals surface area (Å²) in [5.74, 6) is -0.326. The zero-order valence-electron chi connectivity index (χ0n) is 11.0. The van der Waals surface area contributed by atoms with Crippen molar-refractivity contribution in [3.8, 4) is 0 Å². The SMILES string of the molecule is CCOC(=O)c1[se]c2ncccc2c1N=NN(C)C. The average Bonchev–Trinajstić information content (AvgIpc) is 2.75. The Kier molecular flexibility index (Phi) is 4.29. The average molecular weight is 325 g/mol. The maximum absolute atomic E-state index is 12.0. The molecule has 0 amide bonds. The number of carbonyl (C=O) groups excluding carboxylic acids is 1. The molecule has 0 radical (unpaired) electrons. The first-order chi connectivity index (χ1) is 9.13. The van der Waals surface area contributed by atoms with Crippen LogP contribution in [0, 0.1) is 0 Å². The normalized spacial score (nSPS) is 11.1. The van der Waals surface area contributed by atoms with E-state index in [1.54, 1.807) is 32.2 Å². The molecular formula is C12H14N4O2Se. The number of fused-ring (bicyclic) bond motifs is 1. The Hall–Kier alpha value is -1.72. The van der Waals surface area contributed by atoms with Gasteiger partial charge in [-0.2, -0.15) is 0 Å². The summed E-state index contributed by atoms with van der Waals surface area (Å²) >= 11 is -0.177. The van der Waals surface area contributed by atoms with Crippen LogP contribution in [0.1, 0.15) is 16.2 Å². The second-order valence-electron chi connectivity index (χ2n) is 3.89. The molecule has 2 rings (SSSR count). The van der Waals surface area contributed by atoms with Gasteiger partial charge in [0.1, 0.15) is 0 Å². The quantitative estimate of drug-likeness (QED) is 0.373. The Labute approximate surface area is 116 Å². The van der Waals surface area contributed by atoms with E-state index in [9.17, 15) is 4.79 Å². The van der Waals surface area contributed by atoms with Gasteiger partial charge >= 0.3 is 116 Å². The van der Waals surface area contributed by atoms with Gasteiger partial charge < -0.3 is 0 Å². The molecule has 19 heavy (non-hydrogen) atoms. The number of ether oxygens (including phenoxy) is 1. The van der Waals surface area contributed by atoms with Crippen LogP contribution in [0.4, 0.5) is 5.69 Å². The van der Waals surface area contributed by atoms with Crippen molar-refractivity contribution in [3.63, 3.8) is 0 Å². The van der Waals surface area contributed by atoms with Crippen LogP contribution in [-0.4, -0.2) is 51.2 Å². The first-order valence-electron chi connectivity index (χ1n) is 5.77. The number of carbonyl (C=O) groups is 1. The third kappa shape index (κ3) is 3.00. The van der Waals surface area contributed by atoms with E-state index in [0.717, 1.165) is 9.78 Å². The molecule has 0 aliphatic heterocycles. The number of hydrogen-bond acceptors (Lipinski definition) is 5. The monoisotopic (exact) mass is 326 g/mol. The predicted molar refractivity (Wildman–Crippen MR) is 72.8 cm³/mol. The second-order valence-corrected chi connectivity index (χ2v) is 5.99. The van der Waals surface area contributed by atoms with Crippen LogP contribution in [0.3, 0.4) is 0 Å². The standard InChI is InChI=1S/C12H14N4O2Se/c1-4-18-12(17)10-9(14-15-16(2)3)8-6-5-7-13-11(8)19-10/h5-7H,4H2,1-3H3. The molecule has 0 spiro atoms. The summed E-state index contributed by atoms with van der Waals surface area (Å²) in [5.41, 5.74) is 0.579. The molecule has 2 aromatic heterocycles. The summed E-state index contributed by atoms with van der Waals surface area (Å²) in [6.45, 7) is 2.13. The van der Waals surface area contributed by atoms with Crippen molar-refractivity contribution in [2.75, 3.05) is 20.7 Å². The maximum atomic E-state index is 12.0. The van der Waals surface area contributed by atoms with Crippen LogP contribution in [0.2, 0.25) is 0 Å². The zero-order valence-corrected chi connectivity index (χ0v) is 12.7. The number of aromatic nitrogens is 1. The van der Waals surface area contributed by atoms with Crippen LogP contribution in [0.15, 0.2) is 28.7 Å². The van der Waals surface area contributed by atoms with Gasteiger partial charge in [-0.25, -0.2) is 0 Å². The predicted octanol–water partition coefficient (Wildman–Crippen LogP) is 2.03. The van der Waals surface area contributed by atoms with E-state index in [1.807, 2.05) is 12.1 Å². The summed E-state index contributed by atoms with van der Waals surface area (Å²) in [5, 5.41) is 10.6. The molecule has 0 aliphatic rings. The van der Waals surface area contributed by atoms with Crippen LogP contribution >= 0.6 is 0 Å². The van der Waals surface area contributed by atoms with Gasteiger partial charge in [-0.15, -0.1) is 0 Å². The third-order valence-electron chi connectivity index (χ3n) is 2.22. The minimum absolute atomic E-state index is 0.177. The van der Waals surface area contributed by atoms with Crippen molar-refractivity contribution in [3.05, 3.63) is 22.8 Å². The van der Waals surface area contributed by atoms with Crippen molar-refractivity contribution in [1.82, 2.24) is 9.99 Å². The Morgan fingerprint density at radius 3 is 3.00 bits per heavy atom. The fourth-order valence-corrected chi connectivity index (χ4v) is 3.53. The first kappa shape index (κ1) is 13.7. The molecule has 0 unspecified atom stereocenters. The molecule has 0 atom stereocenters. The molecule has 0 aliphatic carbocycles. The van der Waals surface area contributed by atoms with Crippen LogP contribution < -0.4 is 0 Å². The number of pyridine rings is 1. The van der Waals surface area contributed by atoms with E-state index < -0.39 is 0 Å². The van der Waals surface area contributed by atoms with Gasteiger partial charge in [-0.05, 0) is 0 Å². The molecule has 2 heterocycles. The summed E-state index contributed by atoms with van der Waals surface area (Å²) in [7, 11) is 3.55. The van der Waals surface area contributed by atoms with E-state index in [0.29, 0.717) is 16.7 Å².